The zero-order valence-electron chi connectivity index (χ0n) is 13.7. The number of ether oxygens (including phenoxy) is 1. The Morgan fingerprint density at radius 1 is 1.21 bits per heavy atom. The number of nitrogens with one attached hydrogen (secondary N) is 1. The second-order valence-electron chi connectivity index (χ2n) is 6.84. The lowest BCUT2D eigenvalue weighted by atomic mass is 9.75. The molecule has 4 unspecified atom stereocenters. The van der Waals surface area contributed by atoms with Crippen molar-refractivity contribution >= 4 is 0 Å². The van der Waals surface area contributed by atoms with Crippen LogP contribution in [0.3, 0.4) is 0 Å². The van der Waals surface area contributed by atoms with Gasteiger partial charge in [-0.2, -0.15) is 0 Å². The van der Waals surface area contributed by atoms with Crippen LogP contribution in [0.15, 0.2) is 0 Å². The molecule has 1 saturated carbocycles. The van der Waals surface area contributed by atoms with Gasteiger partial charge in [-0.3, -0.25) is 0 Å². The summed E-state index contributed by atoms with van der Waals surface area (Å²) in [4.78, 5) is 0. The summed E-state index contributed by atoms with van der Waals surface area (Å²) in [7, 11) is 0. The van der Waals surface area contributed by atoms with Crippen LogP contribution >= 0.6 is 0 Å². The van der Waals surface area contributed by atoms with Crippen molar-refractivity contribution in [3.05, 3.63) is 0 Å². The summed E-state index contributed by atoms with van der Waals surface area (Å²) < 4.78 is 6.23. The van der Waals surface area contributed by atoms with Crippen molar-refractivity contribution in [1.82, 2.24) is 5.32 Å². The monoisotopic (exact) mass is 269 g/mol. The molecule has 2 heteroatoms. The van der Waals surface area contributed by atoms with E-state index in [4.69, 9.17) is 4.74 Å². The summed E-state index contributed by atoms with van der Waals surface area (Å²) in [6, 6.07) is 0.625. The van der Waals surface area contributed by atoms with Gasteiger partial charge in [0, 0.05) is 12.6 Å². The molecule has 4 atom stereocenters. The zero-order chi connectivity index (χ0) is 14.3. The quantitative estimate of drug-likeness (QED) is 0.665. The molecule has 1 aliphatic carbocycles. The summed E-state index contributed by atoms with van der Waals surface area (Å²) in [5.74, 6) is 2.39. The smallest absolute Gasteiger partial charge is 0.0608 e. The largest absolute Gasteiger partial charge is 0.378 e. The highest BCUT2D eigenvalue weighted by atomic mass is 16.5. The molecule has 0 radical (unpaired) electrons. The summed E-state index contributed by atoms with van der Waals surface area (Å²) in [6.07, 6.45) is 6.94. The van der Waals surface area contributed by atoms with Crippen LogP contribution in [0.1, 0.15) is 66.7 Å². The average molecular weight is 269 g/mol. The Labute approximate surface area is 120 Å². The van der Waals surface area contributed by atoms with Gasteiger partial charge < -0.3 is 10.1 Å². The minimum absolute atomic E-state index is 0.512. The average Bonchev–Trinajstić information content (AvgIpc) is 2.34. The number of rotatable bonds is 8. The molecule has 0 spiro atoms. The van der Waals surface area contributed by atoms with Crippen molar-refractivity contribution < 1.29 is 4.74 Å². The standard InChI is InChI=1S/C17H35NO/c1-6-18-15(5)8-7-11-19-17-12-14(4)9-10-16(17)13(2)3/h13-18H,6-12H2,1-5H3. The van der Waals surface area contributed by atoms with Gasteiger partial charge in [-0.25, -0.2) is 0 Å². The first-order chi connectivity index (χ1) is 9.04. The normalized spacial score (nSPS) is 29.7. The highest BCUT2D eigenvalue weighted by Crippen LogP contribution is 2.35. The van der Waals surface area contributed by atoms with E-state index in [1.54, 1.807) is 0 Å². The molecule has 1 rings (SSSR count). The van der Waals surface area contributed by atoms with E-state index in [2.05, 4.69) is 39.9 Å². The Morgan fingerprint density at radius 2 is 1.95 bits per heavy atom. The van der Waals surface area contributed by atoms with Crippen LogP contribution < -0.4 is 5.32 Å². The Kier molecular flexibility index (Phi) is 8.01. The van der Waals surface area contributed by atoms with Gasteiger partial charge in [0.15, 0.2) is 0 Å². The lowest BCUT2D eigenvalue weighted by molar-refractivity contribution is -0.0397. The predicted molar refractivity (Wildman–Crippen MR) is 83.5 cm³/mol. The molecule has 1 aliphatic rings. The fourth-order valence-corrected chi connectivity index (χ4v) is 3.38. The molecule has 0 bridgehead atoms. The Balaban J connectivity index is 2.24. The minimum atomic E-state index is 0.512. The molecule has 0 aromatic heterocycles. The summed E-state index contributed by atoms with van der Waals surface area (Å²) in [6.45, 7) is 13.5. The third-order valence-corrected chi connectivity index (χ3v) is 4.63. The van der Waals surface area contributed by atoms with E-state index in [1.165, 1.54) is 32.1 Å². The van der Waals surface area contributed by atoms with Crippen LogP contribution in [0, 0.1) is 17.8 Å². The van der Waals surface area contributed by atoms with E-state index < -0.39 is 0 Å². The van der Waals surface area contributed by atoms with E-state index in [1.807, 2.05) is 0 Å². The molecular weight excluding hydrogens is 234 g/mol. The fourth-order valence-electron chi connectivity index (χ4n) is 3.38. The summed E-state index contributed by atoms with van der Waals surface area (Å²) >= 11 is 0. The number of hydrogen-bond acceptors (Lipinski definition) is 2. The van der Waals surface area contributed by atoms with Gasteiger partial charge >= 0.3 is 0 Å². The van der Waals surface area contributed by atoms with Crippen molar-refractivity contribution in [3.8, 4) is 0 Å². The van der Waals surface area contributed by atoms with Crippen LogP contribution in [-0.4, -0.2) is 25.3 Å². The highest BCUT2D eigenvalue weighted by Gasteiger charge is 2.31. The molecule has 1 fully saturated rings. The molecule has 114 valence electrons. The molecule has 0 aromatic rings. The topological polar surface area (TPSA) is 21.3 Å². The molecule has 0 aromatic carbocycles. The molecular formula is C17H35NO. The van der Waals surface area contributed by atoms with Crippen LogP contribution in [-0.2, 0) is 4.74 Å². The maximum absolute atomic E-state index is 6.23. The van der Waals surface area contributed by atoms with Crippen molar-refractivity contribution in [2.24, 2.45) is 17.8 Å². The van der Waals surface area contributed by atoms with Gasteiger partial charge in [-0.05, 0) is 56.9 Å². The van der Waals surface area contributed by atoms with Gasteiger partial charge in [0.05, 0.1) is 6.10 Å². The van der Waals surface area contributed by atoms with Crippen molar-refractivity contribution in [1.29, 1.82) is 0 Å². The Morgan fingerprint density at radius 3 is 2.58 bits per heavy atom. The van der Waals surface area contributed by atoms with Gasteiger partial charge in [-0.15, -0.1) is 0 Å². The van der Waals surface area contributed by atoms with Crippen molar-refractivity contribution in [2.45, 2.75) is 78.9 Å². The van der Waals surface area contributed by atoms with E-state index in [0.29, 0.717) is 12.1 Å². The third-order valence-electron chi connectivity index (χ3n) is 4.63. The molecule has 0 heterocycles. The molecule has 0 aliphatic heterocycles. The zero-order valence-corrected chi connectivity index (χ0v) is 13.7. The lowest BCUT2D eigenvalue weighted by Gasteiger charge is -2.37. The maximum atomic E-state index is 6.23. The summed E-state index contributed by atoms with van der Waals surface area (Å²) in [5.41, 5.74) is 0. The van der Waals surface area contributed by atoms with Gasteiger partial charge in [0.1, 0.15) is 0 Å². The van der Waals surface area contributed by atoms with Crippen LogP contribution in [0.5, 0.6) is 0 Å². The molecule has 0 amide bonds. The first kappa shape index (κ1) is 17.0. The first-order valence-electron chi connectivity index (χ1n) is 8.39. The Hall–Kier alpha value is -0.0800. The SMILES string of the molecule is CCNC(C)CCCOC1CC(C)CCC1C(C)C. The first-order valence-corrected chi connectivity index (χ1v) is 8.39. The second kappa shape index (κ2) is 8.97. The van der Waals surface area contributed by atoms with Crippen LogP contribution in [0.2, 0.25) is 0 Å². The van der Waals surface area contributed by atoms with Crippen LogP contribution in [0.25, 0.3) is 0 Å². The number of hydrogen-bond donors (Lipinski definition) is 1. The van der Waals surface area contributed by atoms with Crippen LogP contribution in [0.4, 0.5) is 0 Å². The maximum Gasteiger partial charge on any atom is 0.0608 e. The lowest BCUT2D eigenvalue weighted by Crippen LogP contribution is -2.34. The van der Waals surface area contributed by atoms with Crippen molar-refractivity contribution in [3.63, 3.8) is 0 Å². The van der Waals surface area contributed by atoms with Gasteiger partial charge in [0.2, 0.25) is 0 Å². The van der Waals surface area contributed by atoms with E-state index >= 15 is 0 Å². The molecule has 1 N–H and O–H groups in total. The van der Waals surface area contributed by atoms with E-state index in [9.17, 15) is 0 Å². The fraction of sp³-hybridized carbons (Fsp3) is 1.00. The molecule has 0 saturated heterocycles. The third kappa shape index (κ3) is 6.27. The molecule has 19 heavy (non-hydrogen) atoms. The van der Waals surface area contributed by atoms with Gasteiger partial charge in [0.25, 0.3) is 0 Å². The Bertz CT molecular complexity index is 229. The highest BCUT2D eigenvalue weighted by molar-refractivity contribution is 4.81. The van der Waals surface area contributed by atoms with Gasteiger partial charge in [-0.1, -0.05) is 34.1 Å². The minimum Gasteiger partial charge on any atom is -0.378 e. The van der Waals surface area contributed by atoms with E-state index in [0.717, 1.165) is 30.9 Å². The molecule has 2 nitrogen and oxygen atoms in total. The van der Waals surface area contributed by atoms with Crippen molar-refractivity contribution in [2.75, 3.05) is 13.2 Å². The second-order valence-corrected chi connectivity index (χ2v) is 6.84. The summed E-state index contributed by atoms with van der Waals surface area (Å²) in [5, 5.41) is 3.46. The predicted octanol–water partition coefficient (Wildman–Crippen LogP) is 4.24. The van der Waals surface area contributed by atoms with E-state index in [-0.39, 0.29) is 0 Å².